The summed E-state index contributed by atoms with van der Waals surface area (Å²) in [4.78, 5) is 11.0. The largest absolute Gasteiger partial charge is 0.356 e. The van der Waals surface area contributed by atoms with Crippen LogP contribution in [0.3, 0.4) is 0 Å². The lowest BCUT2D eigenvalue weighted by atomic mass is 10.2. The van der Waals surface area contributed by atoms with Gasteiger partial charge in [-0.2, -0.15) is 0 Å². The molecule has 0 N–H and O–H groups in total. The van der Waals surface area contributed by atoms with Gasteiger partial charge in [0.2, 0.25) is 0 Å². The SMILES string of the molecule is ClCC1CCN(c2ncnc3ccccc23)C1. The molecule has 3 nitrogen and oxygen atoms in total. The third-order valence-corrected chi connectivity index (χ3v) is 3.76. The number of hydrogen-bond donors (Lipinski definition) is 0. The molecule has 88 valence electrons. The van der Waals surface area contributed by atoms with E-state index in [1.165, 1.54) is 0 Å². The van der Waals surface area contributed by atoms with E-state index in [1.54, 1.807) is 6.33 Å². The van der Waals surface area contributed by atoms with Crippen LogP contribution in [-0.4, -0.2) is 28.9 Å². The van der Waals surface area contributed by atoms with Crippen molar-refractivity contribution >= 4 is 28.3 Å². The van der Waals surface area contributed by atoms with Crippen molar-refractivity contribution in [2.24, 2.45) is 5.92 Å². The quantitative estimate of drug-likeness (QED) is 0.764. The molecule has 0 aliphatic carbocycles. The lowest BCUT2D eigenvalue weighted by Crippen LogP contribution is -2.21. The number of rotatable bonds is 2. The number of fused-ring (bicyclic) bond motifs is 1. The Balaban J connectivity index is 2.00. The highest BCUT2D eigenvalue weighted by atomic mass is 35.5. The smallest absolute Gasteiger partial charge is 0.139 e. The van der Waals surface area contributed by atoms with E-state index in [9.17, 15) is 0 Å². The molecule has 1 unspecified atom stereocenters. The van der Waals surface area contributed by atoms with Gasteiger partial charge in [0.05, 0.1) is 5.52 Å². The summed E-state index contributed by atoms with van der Waals surface area (Å²) in [6.45, 7) is 2.04. The van der Waals surface area contributed by atoms with Crippen LogP contribution in [-0.2, 0) is 0 Å². The maximum absolute atomic E-state index is 5.92. The van der Waals surface area contributed by atoms with Gasteiger partial charge in [-0.25, -0.2) is 9.97 Å². The van der Waals surface area contributed by atoms with E-state index in [4.69, 9.17) is 11.6 Å². The Morgan fingerprint density at radius 2 is 2.18 bits per heavy atom. The summed E-state index contributed by atoms with van der Waals surface area (Å²) in [5.41, 5.74) is 1.01. The summed E-state index contributed by atoms with van der Waals surface area (Å²) in [5, 5.41) is 1.13. The third-order valence-electron chi connectivity index (χ3n) is 3.33. The molecule has 1 saturated heterocycles. The van der Waals surface area contributed by atoms with E-state index < -0.39 is 0 Å². The molecule has 2 aromatic rings. The minimum Gasteiger partial charge on any atom is -0.356 e. The van der Waals surface area contributed by atoms with Crippen LogP contribution in [0.15, 0.2) is 30.6 Å². The van der Waals surface area contributed by atoms with E-state index in [0.29, 0.717) is 5.92 Å². The highest BCUT2D eigenvalue weighted by molar-refractivity contribution is 6.18. The first-order valence-electron chi connectivity index (χ1n) is 5.89. The fourth-order valence-electron chi connectivity index (χ4n) is 2.39. The Morgan fingerprint density at radius 1 is 1.29 bits per heavy atom. The van der Waals surface area contributed by atoms with Crippen molar-refractivity contribution in [1.82, 2.24) is 9.97 Å². The van der Waals surface area contributed by atoms with E-state index >= 15 is 0 Å². The molecule has 0 bridgehead atoms. The number of hydrogen-bond acceptors (Lipinski definition) is 3. The van der Waals surface area contributed by atoms with Gasteiger partial charge in [-0.1, -0.05) is 12.1 Å². The van der Waals surface area contributed by atoms with E-state index in [-0.39, 0.29) is 0 Å². The van der Waals surface area contributed by atoms with E-state index in [1.807, 2.05) is 18.2 Å². The number of aromatic nitrogens is 2. The first kappa shape index (κ1) is 10.8. The topological polar surface area (TPSA) is 29.0 Å². The van der Waals surface area contributed by atoms with Gasteiger partial charge in [-0.05, 0) is 24.5 Å². The normalized spacial score (nSPS) is 20.1. The molecule has 0 spiro atoms. The molecule has 0 amide bonds. The average Bonchev–Trinajstić information content (AvgIpc) is 2.87. The molecule has 1 aliphatic rings. The monoisotopic (exact) mass is 247 g/mol. The Hall–Kier alpha value is -1.35. The lowest BCUT2D eigenvalue weighted by Gasteiger charge is -2.18. The van der Waals surface area contributed by atoms with Gasteiger partial charge in [0, 0.05) is 24.4 Å². The molecule has 2 heterocycles. The predicted molar refractivity (Wildman–Crippen MR) is 70.6 cm³/mol. The van der Waals surface area contributed by atoms with Gasteiger partial charge in [0.1, 0.15) is 12.1 Å². The second-order valence-corrected chi connectivity index (χ2v) is 4.78. The molecule has 17 heavy (non-hydrogen) atoms. The Bertz CT molecular complexity index is 524. The molecule has 1 aliphatic heterocycles. The molecule has 1 atom stereocenters. The molecule has 1 aromatic heterocycles. The molecule has 1 fully saturated rings. The summed E-state index contributed by atoms with van der Waals surface area (Å²) < 4.78 is 0. The van der Waals surface area contributed by atoms with Gasteiger partial charge in [-0.3, -0.25) is 0 Å². The third kappa shape index (κ3) is 1.95. The summed E-state index contributed by atoms with van der Waals surface area (Å²) in [6.07, 6.45) is 2.80. The van der Waals surface area contributed by atoms with Crippen LogP contribution in [0, 0.1) is 5.92 Å². The van der Waals surface area contributed by atoms with Crippen LogP contribution in [0.4, 0.5) is 5.82 Å². The van der Waals surface area contributed by atoms with Crippen LogP contribution >= 0.6 is 11.6 Å². The van der Waals surface area contributed by atoms with Gasteiger partial charge in [-0.15, -0.1) is 11.6 Å². The highest BCUT2D eigenvalue weighted by Crippen LogP contribution is 2.28. The van der Waals surface area contributed by atoms with Crippen molar-refractivity contribution in [3.63, 3.8) is 0 Å². The number of halogens is 1. The molecule has 0 radical (unpaired) electrons. The zero-order chi connectivity index (χ0) is 11.7. The first-order valence-corrected chi connectivity index (χ1v) is 6.42. The van der Waals surface area contributed by atoms with Crippen molar-refractivity contribution < 1.29 is 0 Å². The maximum atomic E-state index is 5.92. The minimum atomic E-state index is 0.588. The Labute approximate surface area is 105 Å². The number of anilines is 1. The predicted octanol–water partition coefficient (Wildman–Crippen LogP) is 2.69. The Kier molecular flexibility index (Phi) is 2.85. The zero-order valence-electron chi connectivity index (χ0n) is 9.51. The number of alkyl halides is 1. The maximum Gasteiger partial charge on any atom is 0.139 e. The first-order chi connectivity index (χ1) is 8.38. The second kappa shape index (κ2) is 4.49. The summed E-state index contributed by atoms with van der Waals surface area (Å²) in [7, 11) is 0. The number of para-hydroxylation sites is 1. The highest BCUT2D eigenvalue weighted by Gasteiger charge is 2.23. The number of nitrogens with zero attached hydrogens (tertiary/aromatic N) is 3. The number of benzene rings is 1. The van der Waals surface area contributed by atoms with Crippen LogP contribution in [0.25, 0.3) is 10.9 Å². The fraction of sp³-hybridized carbons (Fsp3) is 0.385. The standard InChI is InChI=1S/C13H14ClN3/c14-7-10-5-6-17(8-10)13-11-3-1-2-4-12(11)15-9-16-13/h1-4,9-10H,5-8H2. The van der Waals surface area contributed by atoms with Crippen molar-refractivity contribution in [1.29, 1.82) is 0 Å². The summed E-state index contributed by atoms with van der Waals surface area (Å²) >= 11 is 5.92. The average molecular weight is 248 g/mol. The van der Waals surface area contributed by atoms with Crippen molar-refractivity contribution in [3.05, 3.63) is 30.6 Å². The minimum absolute atomic E-state index is 0.588. The Morgan fingerprint density at radius 3 is 3.00 bits per heavy atom. The molecule has 1 aromatic carbocycles. The summed E-state index contributed by atoms with van der Waals surface area (Å²) in [6, 6.07) is 8.14. The van der Waals surface area contributed by atoms with Crippen LogP contribution < -0.4 is 4.90 Å². The van der Waals surface area contributed by atoms with Crippen molar-refractivity contribution in [3.8, 4) is 0 Å². The van der Waals surface area contributed by atoms with Gasteiger partial charge < -0.3 is 4.90 Å². The molecular formula is C13H14ClN3. The van der Waals surface area contributed by atoms with Crippen molar-refractivity contribution in [2.45, 2.75) is 6.42 Å². The van der Waals surface area contributed by atoms with Gasteiger partial charge in [0.25, 0.3) is 0 Å². The van der Waals surface area contributed by atoms with Crippen molar-refractivity contribution in [2.75, 3.05) is 23.9 Å². The van der Waals surface area contributed by atoms with Crippen LogP contribution in [0.2, 0.25) is 0 Å². The molecule has 3 rings (SSSR count). The fourth-order valence-corrected chi connectivity index (χ4v) is 2.65. The van der Waals surface area contributed by atoms with Gasteiger partial charge >= 0.3 is 0 Å². The van der Waals surface area contributed by atoms with E-state index in [0.717, 1.165) is 42.1 Å². The van der Waals surface area contributed by atoms with Gasteiger partial charge in [0.15, 0.2) is 0 Å². The summed E-state index contributed by atoms with van der Waals surface area (Å²) in [5.74, 6) is 2.37. The molecule has 0 saturated carbocycles. The lowest BCUT2D eigenvalue weighted by molar-refractivity contribution is 0.666. The van der Waals surface area contributed by atoms with E-state index in [2.05, 4.69) is 20.9 Å². The second-order valence-electron chi connectivity index (χ2n) is 4.47. The van der Waals surface area contributed by atoms with Crippen LogP contribution in [0.5, 0.6) is 0 Å². The van der Waals surface area contributed by atoms with Crippen LogP contribution in [0.1, 0.15) is 6.42 Å². The molecular weight excluding hydrogens is 234 g/mol. The molecule has 4 heteroatoms. The zero-order valence-corrected chi connectivity index (χ0v) is 10.3.